The minimum absolute atomic E-state index is 0. The van der Waals surface area contributed by atoms with E-state index >= 15 is 0 Å². The molecule has 0 amide bonds. The van der Waals surface area contributed by atoms with Gasteiger partial charge >= 0.3 is 0 Å². The number of benzene rings is 4. The smallest absolute Gasteiger partial charge is 0.294 e. The Morgan fingerprint density at radius 3 is 1.49 bits per heavy atom. The molecule has 0 saturated heterocycles. The number of hydrogen-bond donors (Lipinski definition) is 5. The third kappa shape index (κ3) is 9.31. The summed E-state index contributed by atoms with van der Waals surface area (Å²) in [7, 11) is -4.46. The van der Waals surface area contributed by atoms with Crippen LogP contribution in [-0.2, 0) is 27.5 Å². The standard InChI is InChI=1S/C16H13N5O7S.C16H13N5O4.Cr/c1-9-15(18-17-13-8-11(21(24)25)5-6-14(13)22)16(23)20(19-9)10-3-2-4-12(7-10)29(26,27)28;1-10-15(16(23)20(19-10)11-5-3-2-4-6-11)18-17-13-9-12(21(24)25)7-8-14(13)22;/h2-8,22-23H,1H3,(H,26,27,28);2-9,22-23H,1H3;. The number of aromatic hydroxyl groups is 4. The van der Waals surface area contributed by atoms with E-state index in [0.29, 0.717) is 11.4 Å². The summed E-state index contributed by atoms with van der Waals surface area (Å²) in [5.41, 5.74) is 0.567. The molecule has 6 aromatic rings. The summed E-state index contributed by atoms with van der Waals surface area (Å²) < 4.78 is 34.0. The molecule has 0 atom stereocenters. The number of aryl methyl sites for hydroxylation is 2. The van der Waals surface area contributed by atoms with Crippen molar-refractivity contribution >= 4 is 44.2 Å². The fourth-order valence-corrected chi connectivity index (χ4v) is 5.09. The normalized spacial score (nSPS) is 11.3. The molecule has 23 heteroatoms. The SMILES string of the molecule is Cc1nn(-c2cccc(S(=O)(=O)O)c2)c(O)c1N=Nc1cc([N+](=O)[O-])ccc1O.Cc1nn(-c2ccccc2)c(O)c1N=Nc1cc([N+](=O)[O-])ccc1O.[Cr]. The number of para-hydroxylation sites is 1. The van der Waals surface area contributed by atoms with E-state index in [0.717, 1.165) is 53.2 Å². The van der Waals surface area contributed by atoms with Crippen molar-refractivity contribution in [2.75, 3.05) is 0 Å². The van der Waals surface area contributed by atoms with Crippen molar-refractivity contribution in [1.29, 1.82) is 0 Å². The quantitative estimate of drug-likeness (QED) is 0.0422. The molecule has 21 nitrogen and oxygen atoms in total. The zero-order valence-corrected chi connectivity index (χ0v) is 30.2. The zero-order valence-electron chi connectivity index (χ0n) is 28.1. The predicted molar refractivity (Wildman–Crippen MR) is 188 cm³/mol. The Kier molecular flexibility index (Phi) is 12.4. The molecule has 0 spiro atoms. The Labute approximate surface area is 320 Å². The van der Waals surface area contributed by atoms with Gasteiger partial charge in [-0.2, -0.15) is 28.0 Å². The molecule has 55 heavy (non-hydrogen) atoms. The number of azo groups is 2. The summed E-state index contributed by atoms with van der Waals surface area (Å²) in [5.74, 6) is -1.34. The average Bonchev–Trinajstić information content (AvgIpc) is 3.59. The molecular weight excluding hydrogens is 784 g/mol. The third-order valence-corrected chi connectivity index (χ3v) is 8.08. The van der Waals surface area contributed by atoms with Crippen molar-refractivity contribution < 1.29 is 60.6 Å². The van der Waals surface area contributed by atoms with Crippen molar-refractivity contribution in [3.05, 3.63) is 123 Å². The molecule has 0 aliphatic heterocycles. The van der Waals surface area contributed by atoms with E-state index in [-0.39, 0.29) is 80.2 Å². The molecule has 0 fully saturated rings. The zero-order chi connectivity index (χ0) is 39.3. The van der Waals surface area contributed by atoms with E-state index in [4.69, 9.17) is 4.55 Å². The third-order valence-electron chi connectivity index (χ3n) is 7.23. The van der Waals surface area contributed by atoms with Crippen LogP contribution in [-0.4, -0.2) is 62.8 Å². The van der Waals surface area contributed by atoms with E-state index in [1.807, 2.05) is 6.07 Å². The van der Waals surface area contributed by atoms with Crippen molar-refractivity contribution in [3.8, 4) is 34.6 Å². The Morgan fingerprint density at radius 1 is 0.618 bits per heavy atom. The number of phenols is 2. The number of nitro groups is 2. The number of non-ortho nitro benzene ring substituents is 2. The van der Waals surface area contributed by atoms with E-state index < -0.39 is 30.7 Å². The molecule has 282 valence electrons. The first kappa shape index (κ1) is 40.7. The second-order valence-electron chi connectivity index (χ2n) is 10.9. The van der Waals surface area contributed by atoms with Gasteiger partial charge in [-0.1, -0.05) is 24.3 Å². The second kappa shape index (κ2) is 16.7. The van der Waals surface area contributed by atoms with Crippen LogP contribution in [0.2, 0.25) is 0 Å². The second-order valence-corrected chi connectivity index (χ2v) is 12.3. The average molecular weight is 811 g/mol. The van der Waals surface area contributed by atoms with Gasteiger partial charge in [0.05, 0.1) is 37.5 Å². The number of rotatable bonds is 9. The van der Waals surface area contributed by atoms with Gasteiger partial charge in [0, 0.05) is 41.6 Å². The van der Waals surface area contributed by atoms with E-state index in [2.05, 4.69) is 30.7 Å². The van der Waals surface area contributed by atoms with Crippen LogP contribution in [0.1, 0.15) is 11.4 Å². The van der Waals surface area contributed by atoms with E-state index in [1.54, 1.807) is 31.2 Å². The Bertz CT molecular complexity index is 2580. The Balaban J connectivity index is 0.000000243. The maximum atomic E-state index is 11.3. The van der Waals surface area contributed by atoms with E-state index in [9.17, 15) is 49.1 Å². The predicted octanol–water partition coefficient (Wildman–Crippen LogP) is 7.08. The van der Waals surface area contributed by atoms with Crippen LogP contribution < -0.4 is 0 Å². The molecule has 0 bridgehead atoms. The van der Waals surface area contributed by atoms with Crippen LogP contribution >= 0.6 is 0 Å². The first-order chi connectivity index (χ1) is 25.5. The molecule has 0 radical (unpaired) electrons. The summed E-state index contributed by atoms with van der Waals surface area (Å²) in [6.07, 6.45) is 0. The topological polar surface area (TPSA) is 307 Å². The summed E-state index contributed by atoms with van der Waals surface area (Å²) >= 11 is 0. The number of aromatic nitrogens is 4. The van der Waals surface area contributed by atoms with Crippen molar-refractivity contribution in [2.45, 2.75) is 18.7 Å². The van der Waals surface area contributed by atoms with Crippen molar-refractivity contribution in [1.82, 2.24) is 19.6 Å². The Hall–Kier alpha value is -7.06. The molecule has 2 aromatic heterocycles. The molecule has 0 unspecified atom stereocenters. The summed E-state index contributed by atoms with van der Waals surface area (Å²) in [6, 6.07) is 20.6. The van der Waals surface area contributed by atoms with Crippen LogP contribution in [0.25, 0.3) is 11.4 Å². The summed E-state index contributed by atoms with van der Waals surface area (Å²) in [4.78, 5) is 20.0. The van der Waals surface area contributed by atoms with Crippen LogP contribution in [0.3, 0.4) is 0 Å². The number of nitro benzene ring substituents is 2. The number of phenolic OH excluding ortho intramolecular Hbond substituents is 2. The fraction of sp³-hybridized carbons (Fsp3) is 0.0625. The van der Waals surface area contributed by atoms with Crippen LogP contribution in [0.5, 0.6) is 23.3 Å². The van der Waals surface area contributed by atoms with Gasteiger partial charge in [-0.25, -0.2) is 0 Å². The summed E-state index contributed by atoms with van der Waals surface area (Å²) in [5, 5.41) is 85.4. The maximum absolute atomic E-state index is 11.3. The van der Waals surface area contributed by atoms with Gasteiger partial charge in [-0.05, 0) is 56.3 Å². The molecule has 5 N–H and O–H groups in total. The van der Waals surface area contributed by atoms with Gasteiger partial charge in [-0.15, -0.1) is 20.5 Å². The van der Waals surface area contributed by atoms with Gasteiger partial charge in [0.2, 0.25) is 11.8 Å². The monoisotopic (exact) mass is 810 g/mol. The molecule has 4 aromatic carbocycles. The molecular formula is C32H26CrN10O11S. The van der Waals surface area contributed by atoms with Gasteiger partial charge in [0.1, 0.15) is 22.9 Å². The molecule has 0 aliphatic rings. The van der Waals surface area contributed by atoms with Gasteiger partial charge in [0.25, 0.3) is 21.5 Å². The largest absolute Gasteiger partial charge is 0.506 e. The minimum Gasteiger partial charge on any atom is -0.506 e. The maximum Gasteiger partial charge on any atom is 0.294 e. The molecule has 0 saturated carbocycles. The first-order valence-electron chi connectivity index (χ1n) is 15.0. The van der Waals surface area contributed by atoms with Crippen molar-refractivity contribution in [3.63, 3.8) is 0 Å². The molecule has 0 aliphatic carbocycles. The fourth-order valence-electron chi connectivity index (χ4n) is 4.57. The Morgan fingerprint density at radius 2 is 1.05 bits per heavy atom. The van der Waals surface area contributed by atoms with Gasteiger partial charge < -0.3 is 20.4 Å². The minimum atomic E-state index is -4.46. The molecule has 6 rings (SSSR count). The van der Waals surface area contributed by atoms with E-state index in [1.165, 1.54) is 23.7 Å². The van der Waals surface area contributed by atoms with Crippen molar-refractivity contribution in [2.24, 2.45) is 20.5 Å². The number of nitrogens with zero attached hydrogens (tertiary/aromatic N) is 10. The van der Waals surface area contributed by atoms with Crippen LogP contribution in [0.4, 0.5) is 34.1 Å². The first-order valence-corrected chi connectivity index (χ1v) is 16.5. The number of hydrogen-bond acceptors (Lipinski definition) is 16. The summed E-state index contributed by atoms with van der Waals surface area (Å²) in [6.45, 7) is 3.13. The molecule has 2 heterocycles. The van der Waals surface area contributed by atoms with Crippen LogP contribution in [0.15, 0.2) is 116 Å². The van der Waals surface area contributed by atoms with Crippen LogP contribution in [0, 0.1) is 34.1 Å². The van der Waals surface area contributed by atoms with Gasteiger partial charge in [0.15, 0.2) is 11.4 Å². The van der Waals surface area contributed by atoms with Gasteiger partial charge in [-0.3, -0.25) is 24.8 Å².